The lowest BCUT2D eigenvalue weighted by molar-refractivity contribution is -0.149. The van der Waals surface area contributed by atoms with Crippen LogP contribution in [0.3, 0.4) is 0 Å². The summed E-state index contributed by atoms with van der Waals surface area (Å²) in [5.74, 6) is -8.85. The number of aliphatic carboxylic acids is 6. The molecule has 5 amide bonds. The lowest BCUT2D eigenvalue weighted by atomic mass is 10.1. The number of nitrogens with zero attached hydrogens (tertiary/aromatic N) is 4. The quantitative estimate of drug-likeness (QED) is 0.0303. The van der Waals surface area contributed by atoms with Gasteiger partial charge in [-0.15, -0.1) is 0 Å². The molecule has 11 N–H and O–H groups in total. The molecule has 1 saturated heterocycles. The van der Waals surface area contributed by atoms with Crippen LogP contribution in [0.25, 0.3) is 0 Å². The van der Waals surface area contributed by atoms with E-state index in [4.69, 9.17) is 9.84 Å². The fourth-order valence-corrected chi connectivity index (χ4v) is 7.95. The largest absolute Gasteiger partial charge is 0.481 e. The number of unbranched alkanes of at least 4 members (excludes halogenated alkanes) is 5. The number of hydrogen-bond donors (Lipinski definition) is 11. The predicted octanol–water partition coefficient (Wildman–Crippen LogP) is -0.326. The number of carbonyl (C=O) groups is 11. The predicted molar refractivity (Wildman–Crippen MR) is 270 cm³/mol. The number of urea groups is 1. The first kappa shape index (κ1) is 65.1. The molecule has 27 heteroatoms. The number of ether oxygens (including phenoxy) is 1. The second-order valence-electron chi connectivity index (χ2n) is 18.4. The highest BCUT2D eigenvalue weighted by molar-refractivity contribution is 5.87. The first-order valence-electron chi connectivity index (χ1n) is 25.5. The summed E-state index contributed by atoms with van der Waals surface area (Å²) >= 11 is 0. The Kier molecular flexibility index (Phi) is 32.3. The Hall–Kier alpha value is -6.97. The summed E-state index contributed by atoms with van der Waals surface area (Å²) in [4.78, 5) is 139. The summed E-state index contributed by atoms with van der Waals surface area (Å²) in [5.41, 5.74) is 0.739. The molecule has 0 radical (unpaired) electrons. The van der Waals surface area contributed by atoms with Crippen LogP contribution in [0.1, 0.15) is 95.5 Å². The fourth-order valence-electron chi connectivity index (χ4n) is 7.95. The Balaban J connectivity index is 1.80. The molecule has 1 aromatic carbocycles. The number of carboxylic acids is 6. The normalized spacial score (nSPS) is 15.3. The van der Waals surface area contributed by atoms with E-state index in [1.54, 1.807) is 43.9 Å². The Bertz CT molecular complexity index is 2000. The zero-order chi connectivity index (χ0) is 56.3. The van der Waals surface area contributed by atoms with Crippen LogP contribution in [0.5, 0.6) is 0 Å². The fraction of sp³-hybridized carbons (Fsp3) is 0.653. The van der Waals surface area contributed by atoms with Gasteiger partial charge in [-0.25, -0.2) is 19.2 Å². The van der Waals surface area contributed by atoms with Crippen molar-refractivity contribution < 1.29 is 88.1 Å². The summed E-state index contributed by atoms with van der Waals surface area (Å²) in [7, 11) is 0. The number of rotatable bonds is 36. The topological polar surface area (TPSA) is 391 Å². The molecule has 0 spiro atoms. The molecule has 0 aromatic heterocycles. The Morgan fingerprint density at radius 3 is 1.25 bits per heavy atom. The van der Waals surface area contributed by atoms with E-state index < -0.39 is 78.3 Å². The van der Waals surface area contributed by atoms with Gasteiger partial charge in [-0.05, 0) is 63.4 Å². The lowest BCUT2D eigenvalue weighted by Gasteiger charge is -2.33. The number of amides is 5. The maximum absolute atomic E-state index is 13.6. The summed E-state index contributed by atoms with van der Waals surface area (Å²) in [6.07, 6.45) is 3.97. The molecule has 1 heterocycles. The van der Waals surface area contributed by atoms with Crippen LogP contribution in [0.2, 0.25) is 0 Å². The Labute approximate surface area is 441 Å². The van der Waals surface area contributed by atoms with Gasteiger partial charge in [0.25, 0.3) is 0 Å². The first-order chi connectivity index (χ1) is 36.2. The minimum Gasteiger partial charge on any atom is -0.481 e. The Morgan fingerprint density at radius 1 is 0.434 bits per heavy atom. The average molecular weight is 1080 g/mol. The second-order valence-corrected chi connectivity index (χ2v) is 18.4. The zero-order valence-electron chi connectivity index (χ0n) is 43.0. The lowest BCUT2D eigenvalue weighted by Crippen LogP contribution is -2.51. The molecule has 0 aliphatic carbocycles. The van der Waals surface area contributed by atoms with Crippen LogP contribution in [0.15, 0.2) is 30.3 Å². The third-order valence-corrected chi connectivity index (χ3v) is 12.1. The zero-order valence-corrected chi connectivity index (χ0v) is 43.0. The molecule has 3 atom stereocenters. The van der Waals surface area contributed by atoms with Crippen LogP contribution in [0, 0.1) is 0 Å². The summed E-state index contributed by atoms with van der Waals surface area (Å²) in [6.45, 7) is 1.05. The minimum absolute atomic E-state index is 0.00424. The van der Waals surface area contributed by atoms with E-state index >= 15 is 0 Å². The monoisotopic (exact) mass is 1080 g/mol. The molecule has 426 valence electrons. The molecule has 1 aromatic rings. The van der Waals surface area contributed by atoms with E-state index in [-0.39, 0.29) is 136 Å². The smallest absolute Gasteiger partial charge is 0.328 e. The van der Waals surface area contributed by atoms with Crippen molar-refractivity contribution in [3.8, 4) is 0 Å². The van der Waals surface area contributed by atoms with Crippen molar-refractivity contribution >= 4 is 65.5 Å². The number of benzene rings is 1. The van der Waals surface area contributed by atoms with Gasteiger partial charge in [0.15, 0.2) is 0 Å². The third-order valence-electron chi connectivity index (χ3n) is 12.1. The van der Waals surface area contributed by atoms with E-state index in [1.165, 1.54) is 0 Å². The number of carboxylic acid groups (broad SMARTS) is 6. The molecule has 0 saturated carbocycles. The van der Waals surface area contributed by atoms with Crippen molar-refractivity contribution in [2.45, 2.75) is 115 Å². The maximum atomic E-state index is 13.6. The molecule has 1 unspecified atom stereocenters. The summed E-state index contributed by atoms with van der Waals surface area (Å²) < 4.78 is 5.59. The molecular formula is C49H77N9O18. The van der Waals surface area contributed by atoms with Crippen molar-refractivity contribution in [3.05, 3.63) is 35.9 Å². The average Bonchev–Trinajstić information content (AvgIpc) is 3.34. The van der Waals surface area contributed by atoms with Gasteiger partial charge < -0.3 is 62.0 Å². The maximum Gasteiger partial charge on any atom is 0.328 e. The molecule has 1 aliphatic rings. The number of nitrogens with one attached hydrogen (secondary N) is 5. The van der Waals surface area contributed by atoms with Gasteiger partial charge in [-0.3, -0.25) is 53.2 Å². The van der Waals surface area contributed by atoms with E-state index in [0.29, 0.717) is 57.9 Å². The van der Waals surface area contributed by atoms with Gasteiger partial charge in [-0.2, -0.15) is 0 Å². The Morgan fingerprint density at radius 2 is 0.842 bits per heavy atom. The van der Waals surface area contributed by atoms with Crippen LogP contribution in [-0.4, -0.2) is 226 Å². The molecular weight excluding hydrogens is 1000 g/mol. The van der Waals surface area contributed by atoms with Crippen molar-refractivity contribution in [1.82, 2.24) is 46.2 Å². The van der Waals surface area contributed by atoms with Crippen molar-refractivity contribution in [3.63, 3.8) is 0 Å². The molecule has 1 fully saturated rings. The van der Waals surface area contributed by atoms with Gasteiger partial charge in [0.1, 0.15) is 24.7 Å². The third kappa shape index (κ3) is 31.7. The summed E-state index contributed by atoms with van der Waals surface area (Å²) in [6, 6.07) is 4.01. The first-order valence-corrected chi connectivity index (χ1v) is 25.5. The molecule has 0 bridgehead atoms. The van der Waals surface area contributed by atoms with Gasteiger partial charge in [-0.1, -0.05) is 43.2 Å². The molecule has 76 heavy (non-hydrogen) atoms. The van der Waals surface area contributed by atoms with E-state index in [0.717, 1.165) is 5.56 Å². The molecule has 1 aliphatic heterocycles. The van der Waals surface area contributed by atoms with Gasteiger partial charge in [0, 0.05) is 84.7 Å². The van der Waals surface area contributed by atoms with Crippen molar-refractivity contribution in [2.75, 3.05) is 91.6 Å². The van der Waals surface area contributed by atoms with E-state index in [2.05, 4.69) is 26.6 Å². The van der Waals surface area contributed by atoms with Crippen LogP contribution >= 0.6 is 0 Å². The van der Waals surface area contributed by atoms with E-state index in [1.807, 2.05) is 6.07 Å². The highest BCUT2D eigenvalue weighted by Gasteiger charge is 2.27. The molecule has 27 nitrogen and oxygen atoms in total. The number of hydrogen-bond acceptors (Lipinski definition) is 16. The number of carbonyl (C=O) groups excluding carboxylic acids is 5. The highest BCUT2D eigenvalue weighted by Crippen LogP contribution is 2.10. The standard InChI is InChI=1S/C49H77N9O18/c59-39(50-20-10-8-14-36(46(70)71)53-49(75)54-37(47(72)73)18-19-42(62)63)16-6-1-2-7-17-40(60)51-21-11-9-15-38(48(74)76-34-35-12-4-3-5-13-35)52-41(61)30-55-22-24-56(31-43(64)65)26-28-58(33-45(68)69)29-27-57(25-23-55)32-44(66)67/h3-5,12-13,36-38H,1-2,6-11,14-34H2,(H,50,59)(H,51,60)(H,52,61)(H,62,63)(H,64,65)(H,66,67)(H,68,69)(H,70,71)(H,72,73)(H2,53,54,75)/t36-,37-,38?/m0/s1. The SMILES string of the molecule is O=C(O)CC[C@H](NC(=O)N[C@@H](CCCCNC(=O)CCCCCCC(=O)NCCCCC(NC(=O)CN1CCN(CC(=O)O)CCN(CC(=O)O)CCN(CC(=O)O)CC1)C(=O)OCc1ccccc1)C(=O)O)C(=O)O. The van der Waals surface area contributed by atoms with Gasteiger partial charge in [0.2, 0.25) is 17.7 Å². The van der Waals surface area contributed by atoms with Crippen LogP contribution in [0.4, 0.5) is 4.79 Å². The van der Waals surface area contributed by atoms with Crippen molar-refractivity contribution in [1.29, 1.82) is 0 Å². The molecule has 2 rings (SSSR count). The number of esters is 1. The minimum atomic E-state index is -1.52. The van der Waals surface area contributed by atoms with Gasteiger partial charge in [0.05, 0.1) is 26.2 Å². The van der Waals surface area contributed by atoms with E-state index in [9.17, 15) is 78.3 Å². The summed E-state index contributed by atoms with van der Waals surface area (Å²) in [5, 5.41) is 68.6. The van der Waals surface area contributed by atoms with Gasteiger partial charge >= 0.3 is 47.8 Å². The highest BCUT2D eigenvalue weighted by atomic mass is 16.5. The van der Waals surface area contributed by atoms with Crippen LogP contribution in [-0.2, 0) is 59.3 Å². The van der Waals surface area contributed by atoms with Crippen LogP contribution < -0.4 is 26.6 Å². The second kappa shape index (κ2) is 37.7. The van der Waals surface area contributed by atoms with Crippen molar-refractivity contribution in [2.24, 2.45) is 0 Å².